The molecule has 0 spiro atoms. The van der Waals surface area contributed by atoms with Gasteiger partial charge < -0.3 is 9.80 Å². The highest BCUT2D eigenvalue weighted by Crippen LogP contribution is 2.24. The van der Waals surface area contributed by atoms with Gasteiger partial charge in [0.25, 0.3) is 0 Å². The zero-order valence-electron chi connectivity index (χ0n) is 14.0. The molecule has 0 saturated carbocycles. The van der Waals surface area contributed by atoms with Gasteiger partial charge in [0.05, 0.1) is 11.6 Å². The maximum atomic E-state index is 12.5. The Balaban J connectivity index is 2.38. The van der Waals surface area contributed by atoms with Gasteiger partial charge in [-0.2, -0.15) is 5.26 Å². The SMILES string of the molecule is CC(C(=O)N(C)C)N(Cc1ccccc1Cl)c1ccc(C#N)cc1. The summed E-state index contributed by atoms with van der Waals surface area (Å²) in [4.78, 5) is 16.0. The van der Waals surface area contributed by atoms with Crippen LogP contribution in [0.5, 0.6) is 0 Å². The summed E-state index contributed by atoms with van der Waals surface area (Å²) < 4.78 is 0. The number of amides is 1. The van der Waals surface area contributed by atoms with Gasteiger partial charge in [0.1, 0.15) is 6.04 Å². The molecule has 2 aromatic rings. The number of halogens is 1. The van der Waals surface area contributed by atoms with Crippen molar-refractivity contribution in [2.75, 3.05) is 19.0 Å². The maximum Gasteiger partial charge on any atom is 0.244 e. The van der Waals surface area contributed by atoms with Crippen molar-refractivity contribution < 1.29 is 4.79 Å². The Bertz CT molecular complexity index is 750. The molecule has 0 heterocycles. The lowest BCUT2D eigenvalue weighted by Gasteiger charge is -2.32. The fraction of sp³-hybridized carbons (Fsp3) is 0.263. The number of nitrogens with zero attached hydrogens (tertiary/aromatic N) is 3. The number of hydrogen-bond acceptors (Lipinski definition) is 3. The highest BCUT2D eigenvalue weighted by molar-refractivity contribution is 6.31. The van der Waals surface area contributed by atoms with Crippen molar-refractivity contribution in [3.63, 3.8) is 0 Å². The summed E-state index contributed by atoms with van der Waals surface area (Å²) in [5.74, 6) is 0.00594. The first-order chi connectivity index (χ1) is 11.4. The summed E-state index contributed by atoms with van der Waals surface area (Å²) >= 11 is 6.29. The average molecular weight is 342 g/mol. The lowest BCUT2D eigenvalue weighted by molar-refractivity contribution is -0.129. The molecule has 1 amide bonds. The van der Waals surface area contributed by atoms with Crippen LogP contribution in [0.4, 0.5) is 5.69 Å². The Morgan fingerprint density at radius 1 is 1.17 bits per heavy atom. The normalized spacial score (nSPS) is 11.5. The van der Waals surface area contributed by atoms with Crippen LogP contribution in [0.25, 0.3) is 0 Å². The van der Waals surface area contributed by atoms with Gasteiger partial charge in [0, 0.05) is 31.4 Å². The fourth-order valence-electron chi connectivity index (χ4n) is 2.50. The molecule has 0 aliphatic rings. The van der Waals surface area contributed by atoms with Crippen molar-refractivity contribution in [2.24, 2.45) is 0 Å². The van der Waals surface area contributed by atoms with Crippen molar-refractivity contribution in [2.45, 2.75) is 19.5 Å². The van der Waals surface area contributed by atoms with Crippen molar-refractivity contribution in [1.82, 2.24) is 4.90 Å². The summed E-state index contributed by atoms with van der Waals surface area (Å²) in [5.41, 5.74) is 2.40. The molecule has 0 N–H and O–H groups in total. The first kappa shape index (κ1) is 17.8. The smallest absolute Gasteiger partial charge is 0.244 e. The van der Waals surface area contributed by atoms with Crippen LogP contribution in [0.2, 0.25) is 5.02 Å². The van der Waals surface area contributed by atoms with E-state index in [4.69, 9.17) is 16.9 Å². The van der Waals surface area contributed by atoms with Crippen LogP contribution >= 0.6 is 11.6 Å². The topological polar surface area (TPSA) is 47.3 Å². The van der Waals surface area contributed by atoms with Gasteiger partial charge in [-0.25, -0.2) is 0 Å². The number of carbonyl (C=O) groups excluding carboxylic acids is 1. The molecule has 2 rings (SSSR count). The van der Waals surface area contributed by atoms with E-state index in [1.807, 2.05) is 48.2 Å². The molecule has 24 heavy (non-hydrogen) atoms. The minimum absolute atomic E-state index is 0.00594. The fourth-order valence-corrected chi connectivity index (χ4v) is 2.69. The van der Waals surface area contributed by atoms with E-state index in [0.717, 1.165) is 11.3 Å². The summed E-state index contributed by atoms with van der Waals surface area (Å²) in [7, 11) is 3.48. The number of benzene rings is 2. The molecule has 0 aromatic heterocycles. The van der Waals surface area contributed by atoms with Crippen LogP contribution < -0.4 is 4.90 Å². The third kappa shape index (κ3) is 4.06. The summed E-state index contributed by atoms with van der Waals surface area (Å²) in [6, 6.07) is 16.6. The average Bonchev–Trinajstić information content (AvgIpc) is 2.60. The van der Waals surface area contributed by atoms with E-state index in [1.54, 1.807) is 31.1 Å². The van der Waals surface area contributed by atoms with E-state index >= 15 is 0 Å². The second-order valence-electron chi connectivity index (χ2n) is 5.79. The molecule has 1 atom stereocenters. The van der Waals surface area contributed by atoms with Crippen molar-refractivity contribution in [3.8, 4) is 6.07 Å². The van der Waals surface area contributed by atoms with Crippen LogP contribution in [-0.4, -0.2) is 30.9 Å². The zero-order chi connectivity index (χ0) is 17.7. The number of nitriles is 1. The van der Waals surface area contributed by atoms with E-state index < -0.39 is 0 Å². The Morgan fingerprint density at radius 3 is 2.33 bits per heavy atom. The van der Waals surface area contributed by atoms with Crippen LogP contribution in [0, 0.1) is 11.3 Å². The lowest BCUT2D eigenvalue weighted by Crippen LogP contribution is -2.44. The molecule has 0 aliphatic heterocycles. The summed E-state index contributed by atoms with van der Waals surface area (Å²) in [6.07, 6.45) is 0. The number of rotatable bonds is 5. The molecule has 4 nitrogen and oxygen atoms in total. The zero-order valence-corrected chi connectivity index (χ0v) is 14.8. The minimum Gasteiger partial charge on any atom is -0.355 e. The predicted molar refractivity (Wildman–Crippen MR) is 96.9 cm³/mol. The van der Waals surface area contributed by atoms with Gasteiger partial charge in [-0.3, -0.25) is 4.79 Å². The number of likely N-dealkylation sites (N-methyl/N-ethyl adjacent to an activating group) is 1. The second-order valence-corrected chi connectivity index (χ2v) is 6.19. The molecule has 1 unspecified atom stereocenters. The van der Waals surface area contributed by atoms with Gasteiger partial charge in [0.2, 0.25) is 5.91 Å². The highest BCUT2D eigenvalue weighted by Gasteiger charge is 2.24. The van der Waals surface area contributed by atoms with E-state index in [-0.39, 0.29) is 11.9 Å². The monoisotopic (exact) mass is 341 g/mol. The largest absolute Gasteiger partial charge is 0.355 e. The molecule has 124 valence electrons. The van der Waals surface area contributed by atoms with Crippen molar-refractivity contribution in [3.05, 3.63) is 64.7 Å². The van der Waals surface area contributed by atoms with Gasteiger partial charge in [-0.15, -0.1) is 0 Å². The van der Waals surface area contributed by atoms with Crippen molar-refractivity contribution in [1.29, 1.82) is 5.26 Å². The number of hydrogen-bond donors (Lipinski definition) is 0. The maximum absolute atomic E-state index is 12.5. The molecule has 0 fully saturated rings. The van der Waals surface area contributed by atoms with Crippen LogP contribution in [-0.2, 0) is 11.3 Å². The van der Waals surface area contributed by atoms with E-state index in [0.29, 0.717) is 17.1 Å². The molecule has 0 radical (unpaired) electrons. The highest BCUT2D eigenvalue weighted by atomic mass is 35.5. The Kier molecular flexibility index (Phi) is 5.83. The number of anilines is 1. The van der Waals surface area contributed by atoms with Crippen LogP contribution in [0.15, 0.2) is 48.5 Å². The van der Waals surface area contributed by atoms with Crippen LogP contribution in [0.3, 0.4) is 0 Å². The summed E-state index contributed by atoms with van der Waals surface area (Å²) in [6.45, 7) is 2.38. The Hall–Kier alpha value is -2.51. The Morgan fingerprint density at radius 2 is 1.79 bits per heavy atom. The molecular formula is C19H20ClN3O. The lowest BCUT2D eigenvalue weighted by atomic mass is 10.1. The third-order valence-electron chi connectivity index (χ3n) is 3.89. The first-order valence-corrected chi connectivity index (χ1v) is 8.03. The Labute approximate surface area is 147 Å². The van der Waals surface area contributed by atoms with Gasteiger partial charge in [0.15, 0.2) is 0 Å². The van der Waals surface area contributed by atoms with Crippen molar-refractivity contribution >= 4 is 23.2 Å². The van der Waals surface area contributed by atoms with E-state index in [1.165, 1.54) is 0 Å². The molecule has 0 aliphatic carbocycles. The minimum atomic E-state index is -0.357. The quantitative estimate of drug-likeness (QED) is 0.833. The standard InChI is InChI=1S/C19H20ClN3O/c1-14(19(24)22(2)3)23(13-16-6-4-5-7-18(16)20)17-10-8-15(12-21)9-11-17/h4-11,14H,13H2,1-3H3. The van der Waals surface area contributed by atoms with Crippen LogP contribution in [0.1, 0.15) is 18.1 Å². The van der Waals surface area contributed by atoms with Gasteiger partial charge in [-0.1, -0.05) is 29.8 Å². The molecule has 0 bridgehead atoms. The molecule has 5 heteroatoms. The van der Waals surface area contributed by atoms with E-state index in [2.05, 4.69) is 6.07 Å². The van der Waals surface area contributed by atoms with E-state index in [9.17, 15) is 4.79 Å². The molecule has 2 aromatic carbocycles. The first-order valence-electron chi connectivity index (χ1n) is 7.65. The van der Waals surface area contributed by atoms with Gasteiger partial charge >= 0.3 is 0 Å². The number of carbonyl (C=O) groups is 1. The molecular weight excluding hydrogens is 322 g/mol. The predicted octanol–water partition coefficient (Wildman–Crippen LogP) is 3.69. The molecule has 0 saturated heterocycles. The second kappa shape index (κ2) is 7.85. The third-order valence-corrected chi connectivity index (χ3v) is 4.26. The summed E-state index contributed by atoms with van der Waals surface area (Å²) in [5, 5.41) is 9.63. The van der Waals surface area contributed by atoms with Gasteiger partial charge in [-0.05, 0) is 42.8 Å².